The molecule has 2 heterocycles. The third-order valence-electron chi connectivity index (χ3n) is 3.21. The van der Waals surface area contributed by atoms with Crippen molar-refractivity contribution in [2.45, 2.75) is 19.1 Å². The summed E-state index contributed by atoms with van der Waals surface area (Å²) in [5.74, 6) is 0.110. The van der Waals surface area contributed by atoms with Gasteiger partial charge in [0, 0.05) is 13.1 Å². The van der Waals surface area contributed by atoms with E-state index in [1.165, 1.54) is 0 Å². The number of hydrogen-bond acceptors (Lipinski definition) is 8. The highest BCUT2D eigenvalue weighted by Crippen LogP contribution is 2.19. The van der Waals surface area contributed by atoms with Gasteiger partial charge in [0.25, 0.3) is 0 Å². The largest absolute Gasteiger partial charge is 0.378 e. The lowest BCUT2D eigenvalue weighted by atomic mass is 10.1. The molecule has 2 atom stereocenters. The van der Waals surface area contributed by atoms with Crippen LogP contribution < -0.4 is 11.1 Å². The van der Waals surface area contributed by atoms with Gasteiger partial charge in [-0.2, -0.15) is 4.98 Å². The van der Waals surface area contributed by atoms with Crippen LogP contribution in [0.15, 0.2) is 6.20 Å². The number of morpholine rings is 1. The lowest BCUT2D eigenvalue weighted by molar-refractivity contribution is -0.384. The van der Waals surface area contributed by atoms with Crippen LogP contribution in [0.1, 0.15) is 6.92 Å². The summed E-state index contributed by atoms with van der Waals surface area (Å²) >= 11 is 0. The first-order valence-electron chi connectivity index (χ1n) is 6.31. The number of nitrogens with two attached hydrogens (primary N) is 1. The number of nitrogens with one attached hydrogen (secondary N) is 1. The zero-order valence-corrected chi connectivity index (χ0v) is 11.4. The normalized spacial score (nSPS) is 21.4. The van der Waals surface area contributed by atoms with Crippen molar-refractivity contribution in [1.82, 2.24) is 14.9 Å². The SMILES string of the molecule is CC(Nc1ncc([N+](=O)[O-])c(N)n1)C1CN(C)CCO1. The summed E-state index contributed by atoms with van der Waals surface area (Å²) in [6, 6.07) is -0.0291. The minimum absolute atomic E-state index is 0.00812. The fourth-order valence-corrected chi connectivity index (χ4v) is 2.01. The molecule has 3 N–H and O–H groups in total. The Balaban J connectivity index is 2.02. The number of nitrogen functional groups attached to an aromatic ring is 1. The van der Waals surface area contributed by atoms with Crippen molar-refractivity contribution in [2.24, 2.45) is 0 Å². The highest BCUT2D eigenvalue weighted by Gasteiger charge is 2.24. The van der Waals surface area contributed by atoms with E-state index >= 15 is 0 Å². The number of hydrogen-bond donors (Lipinski definition) is 2. The van der Waals surface area contributed by atoms with Gasteiger partial charge in [-0.05, 0) is 14.0 Å². The Morgan fingerprint density at radius 3 is 3.05 bits per heavy atom. The Bertz CT molecular complexity index is 497. The molecule has 9 nitrogen and oxygen atoms in total. The first kappa shape index (κ1) is 14.4. The van der Waals surface area contributed by atoms with Gasteiger partial charge in [0.1, 0.15) is 6.20 Å². The molecule has 0 amide bonds. The molecule has 0 saturated carbocycles. The fraction of sp³-hybridized carbons (Fsp3) is 0.636. The number of aromatic nitrogens is 2. The molecule has 1 aromatic rings. The summed E-state index contributed by atoms with van der Waals surface area (Å²) < 4.78 is 5.68. The molecule has 20 heavy (non-hydrogen) atoms. The molecule has 0 aromatic carbocycles. The van der Waals surface area contributed by atoms with Crippen LogP contribution in [0.2, 0.25) is 0 Å². The third-order valence-corrected chi connectivity index (χ3v) is 3.21. The first-order chi connectivity index (χ1) is 9.47. The van der Waals surface area contributed by atoms with Crippen LogP contribution in [0, 0.1) is 10.1 Å². The number of ether oxygens (including phenoxy) is 1. The van der Waals surface area contributed by atoms with Crippen LogP contribution in [0.25, 0.3) is 0 Å². The van der Waals surface area contributed by atoms with Crippen LogP contribution in [0.5, 0.6) is 0 Å². The summed E-state index contributed by atoms with van der Waals surface area (Å²) in [7, 11) is 2.03. The topological polar surface area (TPSA) is 119 Å². The van der Waals surface area contributed by atoms with Crippen LogP contribution in [0.3, 0.4) is 0 Å². The van der Waals surface area contributed by atoms with Crippen LogP contribution in [-0.4, -0.2) is 58.7 Å². The summed E-state index contributed by atoms with van der Waals surface area (Å²) in [4.78, 5) is 20.0. The fourth-order valence-electron chi connectivity index (χ4n) is 2.01. The molecule has 1 aromatic heterocycles. The molecule has 1 aliphatic heterocycles. The van der Waals surface area contributed by atoms with E-state index in [9.17, 15) is 10.1 Å². The molecule has 0 bridgehead atoms. The Morgan fingerprint density at radius 2 is 2.45 bits per heavy atom. The molecule has 9 heteroatoms. The Kier molecular flexibility index (Phi) is 4.30. The zero-order valence-electron chi connectivity index (χ0n) is 11.4. The molecule has 2 unspecified atom stereocenters. The summed E-state index contributed by atoms with van der Waals surface area (Å²) in [6.45, 7) is 4.34. The highest BCUT2D eigenvalue weighted by molar-refractivity contribution is 5.53. The van der Waals surface area contributed by atoms with Crippen molar-refractivity contribution < 1.29 is 9.66 Å². The molecule has 1 aliphatic rings. The van der Waals surface area contributed by atoms with Crippen LogP contribution in [-0.2, 0) is 4.74 Å². The Labute approximate surface area is 116 Å². The zero-order chi connectivity index (χ0) is 14.7. The van der Waals surface area contributed by atoms with Gasteiger partial charge in [0.05, 0.1) is 23.7 Å². The minimum Gasteiger partial charge on any atom is -0.378 e. The van der Waals surface area contributed by atoms with Crippen LogP contribution in [0.4, 0.5) is 17.5 Å². The number of nitro groups is 1. The molecular formula is C11H18N6O3. The van der Waals surface area contributed by atoms with Crippen molar-refractivity contribution in [1.29, 1.82) is 0 Å². The second-order valence-corrected chi connectivity index (χ2v) is 4.83. The quantitative estimate of drug-likeness (QED) is 0.589. The van der Waals surface area contributed by atoms with Crippen molar-refractivity contribution in [3.63, 3.8) is 0 Å². The van der Waals surface area contributed by atoms with Gasteiger partial charge < -0.3 is 20.7 Å². The maximum Gasteiger partial charge on any atom is 0.329 e. The average Bonchev–Trinajstić information content (AvgIpc) is 2.38. The molecule has 2 rings (SSSR count). The van der Waals surface area contributed by atoms with Gasteiger partial charge >= 0.3 is 5.69 Å². The van der Waals surface area contributed by atoms with Gasteiger partial charge in [0.15, 0.2) is 0 Å². The molecule has 1 saturated heterocycles. The van der Waals surface area contributed by atoms with E-state index in [0.717, 1.165) is 19.3 Å². The molecule has 110 valence electrons. The van der Waals surface area contributed by atoms with Gasteiger partial charge in [-0.1, -0.05) is 0 Å². The second kappa shape index (κ2) is 5.97. The van der Waals surface area contributed by atoms with Crippen molar-refractivity contribution >= 4 is 17.5 Å². The number of likely N-dealkylation sites (N-methyl/N-ethyl adjacent to an activating group) is 1. The molecule has 0 radical (unpaired) electrons. The van der Waals surface area contributed by atoms with Crippen LogP contribution >= 0.6 is 0 Å². The number of anilines is 2. The van der Waals surface area contributed by atoms with E-state index in [0.29, 0.717) is 6.61 Å². The lowest BCUT2D eigenvalue weighted by Gasteiger charge is -2.33. The summed E-state index contributed by atoms with van der Waals surface area (Å²) in [5.41, 5.74) is 5.23. The van der Waals surface area contributed by atoms with Gasteiger partial charge in [-0.25, -0.2) is 4.98 Å². The highest BCUT2D eigenvalue weighted by atomic mass is 16.6. The van der Waals surface area contributed by atoms with Gasteiger partial charge in [-0.3, -0.25) is 10.1 Å². The summed E-state index contributed by atoms with van der Waals surface area (Å²) in [5, 5.41) is 13.7. The third kappa shape index (κ3) is 3.31. The molecule has 0 aliphatic carbocycles. The standard InChI is InChI=1S/C11H18N6O3/c1-7(9-6-16(2)3-4-20-9)14-11-13-5-8(17(18)19)10(12)15-11/h5,7,9H,3-4,6H2,1-2H3,(H3,12,13,14,15). The van der Waals surface area contributed by atoms with Gasteiger partial charge in [-0.15, -0.1) is 0 Å². The van der Waals surface area contributed by atoms with E-state index in [-0.39, 0.29) is 29.6 Å². The molecule has 0 spiro atoms. The van der Waals surface area contributed by atoms with E-state index in [1.807, 2.05) is 14.0 Å². The van der Waals surface area contributed by atoms with Crippen molar-refractivity contribution in [3.8, 4) is 0 Å². The maximum absolute atomic E-state index is 10.6. The summed E-state index contributed by atoms with van der Waals surface area (Å²) in [6.07, 6.45) is 1.11. The first-order valence-corrected chi connectivity index (χ1v) is 6.31. The second-order valence-electron chi connectivity index (χ2n) is 4.83. The van der Waals surface area contributed by atoms with E-state index < -0.39 is 4.92 Å². The predicted octanol–water partition coefficient (Wildman–Crippen LogP) is 0.0980. The molecule has 1 fully saturated rings. The van der Waals surface area contributed by atoms with E-state index in [1.54, 1.807) is 0 Å². The molecular weight excluding hydrogens is 264 g/mol. The van der Waals surface area contributed by atoms with Gasteiger partial charge in [0.2, 0.25) is 11.8 Å². The lowest BCUT2D eigenvalue weighted by Crippen LogP contribution is -2.47. The van der Waals surface area contributed by atoms with E-state index in [2.05, 4.69) is 20.2 Å². The smallest absolute Gasteiger partial charge is 0.329 e. The Hall–Kier alpha value is -2.00. The van der Waals surface area contributed by atoms with E-state index in [4.69, 9.17) is 10.5 Å². The minimum atomic E-state index is -0.609. The maximum atomic E-state index is 10.6. The number of rotatable bonds is 4. The van der Waals surface area contributed by atoms with Crippen molar-refractivity contribution in [2.75, 3.05) is 37.8 Å². The van der Waals surface area contributed by atoms with Crippen molar-refractivity contribution in [3.05, 3.63) is 16.3 Å². The number of nitrogens with zero attached hydrogens (tertiary/aromatic N) is 4. The average molecular weight is 282 g/mol. The Morgan fingerprint density at radius 1 is 1.70 bits per heavy atom. The predicted molar refractivity (Wildman–Crippen MR) is 73.4 cm³/mol. The monoisotopic (exact) mass is 282 g/mol.